The van der Waals surface area contributed by atoms with Crippen molar-refractivity contribution in [3.05, 3.63) is 28.2 Å². The van der Waals surface area contributed by atoms with Crippen molar-refractivity contribution in [2.45, 2.75) is 36.5 Å². The first-order chi connectivity index (χ1) is 15.2. The molecule has 0 radical (unpaired) electrons. The molecule has 0 aromatic carbocycles. The topological polar surface area (TPSA) is 148 Å². The number of carbonyl (C=O) groups is 3. The van der Waals surface area contributed by atoms with E-state index in [0.717, 1.165) is 0 Å². The fraction of sp³-hybridized carbons (Fsp3) is 0.471. The molecule has 2 amide bonds. The first-order valence-corrected chi connectivity index (χ1v) is 11.9. The second kappa shape index (κ2) is 8.75. The number of hydrogen-bond acceptors (Lipinski definition) is 9. The number of amides is 2. The van der Waals surface area contributed by atoms with Crippen molar-refractivity contribution in [3.8, 4) is 0 Å². The van der Waals surface area contributed by atoms with E-state index >= 15 is 0 Å². The van der Waals surface area contributed by atoms with E-state index in [1.165, 1.54) is 37.8 Å². The van der Waals surface area contributed by atoms with Gasteiger partial charge in [0, 0.05) is 24.8 Å². The van der Waals surface area contributed by atoms with Gasteiger partial charge in [-0.2, -0.15) is 5.10 Å². The van der Waals surface area contributed by atoms with Gasteiger partial charge in [-0.05, 0) is 29.8 Å². The third-order valence-corrected chi connectivity index (χ3v) is 7.94. The lowest BCUT2D eigenvalue weighted by atomic mass is 10.0. The molecule has 4 rings (SSSR count). The van der Waals surface area contributed by atoms with Crippen molar-refractivity contribution in [2.75, 3.05) is 11.5 Å². The van der Waals surface area contributed by atoms with Crippen LogP contribution in [0.25, 0.3) is 0 Å². The number of nitrogens with zero attached hydrogens (tertiary/aromatic N) is 7. The summed E-state index contributed by atoms with van der Waals surface area (Å²) in [4.78, 5) is 38.7. The molecule has 3 atom stereocenters. The summed E-state index contributed by atoms with van der Waals surface area (Å²) in [6, 6.07) is -1.49. The van der Waals surface area contributed by atoms with Crippen LogP contribution in [0.4, 0.5) is 0 Å². The smallest absolute Gasteiger partial charge is 0.352 e. The van der Waals surface area contributed by atoms with Crippen LogP contribution in [0.15, 0.2) is 22.6 Å². The van der Waals surface area contributed by atoms with Crippen molar-refractivity contribution in [1.29, 1.82) is 0 Å². The van der Waals surface area contributed by atoms with Crippen LogP contribution in [-0.4, -0.2) is 80.7 Å². The number of tetrazole rings is 1. The number of aryl methyl sites for hydroxylation is 2. The van der Waals surface area contributed by atoms with Crippen LogP contribution < -0.4 is 5.32 Å². The molecule has 2 aliphatic heterocycles. The molecule has 2 N–H and O–H groups in total. The molecule has 0 unspecified atom stereocenters. The number of halogens is 1. The van der Waals surface area contributed by atoms with Gasteiger partial charge < -0.3 is 10.4 Å². The predicted molar refractivity (Wildman–Crippen MR) is 116 cm³/mol. The van der Waals surface area contributed by atoms with Gasteiger partial charge in [0.1, 0.15) is 23.2 Å². The Hall–Kier alpha value is -2.58. The minimum Gasteiger partial charge on any atom is -0.477 e. The summed E-state index contributed by atoms with van der Waals surface area (Å²) in [5, 5.41) is 28.3. The maximum absolute atomic E-state index is 12.8. The first-order valence-electron chi connectivity index (χ1n) is 9.45. The van der Waals surface area contributed by atoms with Gasteiger partial charge in [-0.25, -0.2) is 9.48 Å². The van der Waals surface area contributed by atoms with Crippen molar-refractivity contribution < 1.29 is 19.5 Å². The van der Waals surface area contributed by atoms with E-state index in [2.05, 4.69) is 25.9 Å². The van der Waals surface area contributed by atoms with Gasteiger partial charge in [0.15, 0.2) is 0 Å². The number of thioether (sulfide) groups is 2. The Morgan fingerprint density at radius 1 is 1.47 bits per heavy atom. The number of rotatable bonds is 7. The zero-order valence-electron chi connectivity index (χ0n) is 17.2. The van der Waals surface area contributed by atoms with E-state index in [9.17, 15) is 19.5 Å². The van der Waals surface area contributed by atoms with E-state index in [1.54, 1.807) is 27.1 Å². The van der Waals surface area contributed by atoms with Gasteiger partial charge in [0.05, 0.1) is 10.7 Å². The number of β-lactam (4-membered cyclic amide) rings is 1. The minimum atomic E-state index is -1.19. The average Bonchev–Trinajstić information content (AvgIpc) is 3.33. The molecule has 2 aliphatic rings. The van der Waals surface area contributed by atoms with E-state index in [0.29, 0.717) is 33.0 Å². The highest BCUT2D eigenvalue weighted by molar-refractivity contribution is 8.01. The van der Waals surface area contributed by atoms with Crippen LogP contribution in [0, 0.1) is 6.92 Å². The summed E-state index contributed by atoms with van der Waals surface area (Å²) < 4.78 is 2.92. The minimum absolute atomic E-state index is 0.0468. The standard InChI is InChI=1S/C17H19ClN8O4S2/c1-7-10(18)4-25(21-7)8(2)13(27)19-11-14(28)26-12(16(29)30)9(5-31-15(11)26)6-32-17-20-22-23-24(17)3/h4,8,11,15H,5-6H2,1-3H3,(H,19,27)(H,29,30)/t8-,11+,15+/m0/s1. The van der Waals surface area contributed by atoms with Crippen LogP contribution >= 0.6 is 35.1 Å². The first kappa shape index (κ1) is 22.6. The third-order valence-electron chi connectivity index (χ3n) is 5.14. The maximum Gasteiger partial charge on any atom is 0.352 e. The van der Waals surface area contributed by atoms with Crippen LogP contribution in [0.5, 0.6) is 0 Å². The predicted octanol–water partition coefficient (Wildman–Crippen LogP) is 0.460. The highest BCUT2D eigenvalue weighted by Crippen LogP contribution is 2.41. The number of aromatic nitrogens is 6. The lowest BCUT2D eigenvalue weighted by Gasteiger charge is -2.49. The molecule has 1 fully saturated rings. The van der Waals surface area contributed by atoms with E-state index in [1.807, 2.05) is 0 Å². The molecule has 2 aromatic rings. The Kier molecular flexibility index (Phi) is 6.18. The molecule has 15 heteroatoms. The number of aliphatic carboxylic acids is 1. The number of hydrogen-bond donors (Lipinski definition) is 2. The third kappa shape index (κ3) is 3.97. The molecular weight excluding hydrogens is 480 g/mol. The fourth-order valence-corrected chi connectivity index (χ4v) is 5.81. The second-order valence-electron chi connectivity index (χ2n) is 7.25. The molecule has 2 aromatic heterocycles. The Bertz CT molecular complexity index is 1110. The highest BCUT2D eigenvalue weighted by atomic mass is 35.5. The number of carboxylic acids is 1. The number of fused-ring (bicyclic) bond motifs is 1. The van der Waals surface area contributed by atoms with Crippen molar-refractivity contribution in [1.82, 2.24) is 40.2 Å². The number of carbonyl (C=O) groups excluding carboxylic acids is 2. The summed E-state index contributed by atoms with van der Waals surface area (Å²) in [7, 11) is 1.69. The second-order valence-corrected chi connectivity index (χ2v) is 9.70. The summed E-state index contributed by atoms with van der Waals surface area (Å²) >= 11 is 8.70. The molecule has 4 heterocycles. The van der Waals surface area contributed by atoms with E-state index in [-0.39, 0.29) is 5.70 Å². The summed E-state index contributed by atoms with van der Waals surface area (Å²) in [5.41, 5.74) is 1.15. The Morgan fingerprint density at radius 3 is 2.81 bits per heavy atom. The normalized spacial score (nSPS) is 21.2. The van der Waals surface area contributed by atoms with Crippen LogP contribution in [-0.2, 0) is 21.4 Å². The molecule has 1 saturated heterocycles. The van der Waals surface area contributed by atoms with Gasteiger partial charge >= 0.3 is 5.97 Å². The van der Waals surface area contributed by atoms with Gasteiger partial charge in [-0.3, -0.25) is 19.2 Å². The Balaban J connectivity index is 1.46. The quantitative estimate of drug-likeness (QED) is 0.407. The average molecular weight is 499 g/mol. The zero-order chi connectivity index (χ0) is 23.2. The molecule has 0 aliphatic carbocycles. The lowest BCUT2D eigenvalue weighted by molar-refractivity contribution is -0.151. The van der Waals surface area contributed by atoms with Gasteiger partial charge in [0.25, 0.3) is 5.91 Å². The molecule has 0 saturated carbocycles. The lowest BCUT2D eigenvalue weighted by Crippen LogP contribution is -2.71. The van der Waals surface area contributed by atoms with Gasteiger partial charge in [-0.15, -0.1) is 16.9 Å². The molecular formula is C17H19ClN8O4S2. The fourth-order valence-electron chi connectivity index (χ4n) is 3.34. The zero-order valence-corrected chi connectivity index (χ0v) is 19.6. The molecule has 12 nitrogen and oxygen atoms in total. The van der Waals surface area contributed by atoms with Gasteiger partial charge in [0.2, 0.25) is 11.1 Å². The summed E-state index contributed by atoms with van der Waals surface area (Å²) in [5.74, 6) is -1.32. The summed E-state index contributed by atoms with van der Waals surface area (Å²) in [6.45, 7) is 3.37. The molecule has 0 bridgehead atoms. The maximum atomic E-state index is 12.8. The van der Waals surface area contributed by atoms with Crippen LogP contribution in [0.1, 0.15) is 18.7 Å². The van der Waals surface area contributed by atoms with E-state index < -0.39 is 35.2 Å². The van der Waals surface area contributed by atoms with Gasteiger partial charge in [-0.1, -0.05) is 23.4 Å². The van der Waals surface area contributed by atoms with Crippen molar-refractivity contribution in [3.63, 3.8) is 0 Å². The molecule has 0 spiro atoms. The molecule has 32 heavy (non-hydrogen) atoms. The van der Waals surface area contributed by atoms with Crippen LogP contribution in [0.3, 0.4) is 0 Å². The summed E-state index contributed by atoms with van der Waals surface area (Å²) in [6.07, 6.45) is 1.55. The van der Waals surface area contributed by atoms with Crippen molar-refractivity contribution in [2.24, 2.45) is 7.05 Å². The Morgan fingerprint density at radius 2 is 2.22 bits per heavy atom. The van der Waals surface area contributed by atoms with Crippen molar-refractivity contribution >= 4 is 52.9 Å². The highest BCUT2D eigenvalue weighted by Gasteiger charge is 2.54. The number of nitrogens with one attached hydrogen (secondary N) is 1. The largest absolute Gasteiger partial charge is 0.477 e. The monoisotopic (exact) mass is 498 g/mol. The number of carboxylic acid groups (broad SMARTS) is 1. The molecule has 170 valence electrons. The SMILES string of the molecule is Cc1nn([C@@H](C)C(=O)N[C@@H]2C(=O)N3C(C(=O)O)=C(CSc4nnnn4C)CS[C@H]23)cc1Cl. The van der Waals surface area contributed by atoms with Crippen LogP contribution in [0.2, 0.25) is 5.02 Å². The Labute approximate surface area is 195 Å². The van der Waals surface area contributed by atoms with E-state index in [4.69, 9.17) is 11.6 Å².